The van der Waals surface area contributed by atoms with E-state index in [4.69, 9.17) is 5.73 Å². The largest absolute Gasteiger partial charge is 0.380 e. The second kappa shape index (κ2) is 3.56. The lowest BCUT2D eigenvalue weighted by molar-refractivity contribution is 0.553. The van der Waals surface area contributed by atoms with Gasteiger partial charge in [-0.15, -0.1) is 0 Å². The minimum Gasteiger partial charge on any atom is -0.380 e. The van der Waals surface area contributed by atoms with Crippen molar-refractivity contribution in [3.63, 3.8) is 0 Å². The first-order chi connectivity index (χ1) is 5.70. The highest BCUT2D eigenvalue weighted by molar-refractivity contribution is 5.33. The number of nitrogens with zero attached hydrogens (tertiary/aromatic N) is 1. The monoisotopic (exact) mass is 171 g/mol. The molecular formula is C8H14FN3. The highest BCUT2D eigenvalue weighted by atomic mass is 19.1. The molecule has 4 heteroatoms. The van der Waals surface area contributed by atoms with Crippen molar-refractivity contribution in [1.82, 2.24) is 10.2 Å². The average molecular weight is 171 g/mol. The van der Waals surface area contributed by atoms with E-state index in [0.717, 1.165) is 12.8 Å². The highest BCUT2D eigenvalue weighted by Crippen LogP contribution is 2.25. The summed E-state index contributed by atoms with van der Waals surface area (Å²) in [6.07, 6.45) is 1.80. The van der Waals surface area contributed by atoms with Gasteiger partial charge in [-0.2, -0.15) is 5.10 Å². The van der Waals surface area contributed by atoms with E-state index in [0.29, 0.717) is 5.69 Å². The van der Waals surface area contributed by atoms with E-state index in [2.05, 4.69) is 10.2 Å². The number of nitrogen functional groups attached to an aromatic ring is 1. The van der Waals surface area contributed by atoms with Crippen LogP contribution in [-0.4, -0.2) is 10.2 Å². The highest BCUT2D eigenvalue weighted by Gasteiger charge is 2.16. The standard InChI is InChI=1S/C8H14FN3/c1-3-5(4-2)7-6(9)8(10)12-11-7/h5H,3-4H2,1-2H3,(H3,10,11,12). The number of aromatic amines is 1. The molecule has 0 fully saturated rings. The molecule has 0 aliphatic rings. The van der Waals surface area contributed by atoms with Gasteiger partial charge in [0, 0.05) is 5.92 Å². The number of nitrogens with two attached hydrogens (primary N) is 1. The first-order valence-electron chi connectivity index (χ1n) is 4.19. The van der Waals surface area contributed by atoms with Crippen molar-refractivity contribution >= 4 is 5.82 Å². The molecule has 0 atom stereocenters. The van der Waals surface area contributed by atoms with E-state index >= 15 is 0 Å². The van der Waals surface area contributed by atoms with Gasteiger partial charge in [-0.1, -0.05) is 13.8 Å². The lowest BCUT2D eigenvalue weighted by Crippen LogP contribution is -1.99. The molecule has 1 rings (SSSR count). The van der Waals surface area contributed by atoms with E-state index in [1.165, 1.54) is 0 Å². The zero-order chi connectivity index (χ0) is 9.14. The van der Waals surface area contributed by atoms with Crippen molar-refractivity contribution in [1.29, 1.82) is 0 Å². The Hall–Kier alpha value is -1.06. The van der Waals surface area contributed by atoms with Crippen LogP contribution < -0.4 is 5.73 Å². The zero-order valence-electron chi connectivity index (χ0n) is 7.39. The Balaban J connectivity index is 2.93. The number of rotatable bonds is 3. The second-order valence-electron chi connectivity index (χ2n) is 2.85. The fourth-order valence-corrected chi connectivity index (χ4v) is 1.32. The van der Waals surface area contributed by atoms with Gasteiger partial charge in [0.25, 0.3) is 0 Å². The van der Waals surface area contributed by atoms with E-state index in [1.807, 2.05) is 13.8 Å². The number of hydrogen-bond donors (Lipinski definition) is 2. The molecule has 0 amide bonds. The van der Waals surface area contributed by atoms with Gasteiger partial charge in [0.15, 0.2) is 11.6 Å². The average Bonchev–Trinajstić information content (AvgIpc) is 2.38. The van der Waals surface area contributed by atoms with Crippen molar-refractivity contribution in [3.05, 3.63) is 11.5 Å². The topological polar surface area (TPSA) is 54.7 Å². The van der Waals surface area contributed by atoms with E-state index < -0.39 is 0 Å². The van der Waals surface area contributed by atoms with Crippen LogP contribution in [0, 0.1) is 5.82 Å². The maximum absolute atomic E-state index is 13.2. The van der Waals surface area contributed by atoms with Gasteiger partial charge in [0.1, 0.15) is 0 Å². The maximum Gasteiger partial charge on any atom is 0.188 e. The Kier molecular flexibility index (Phi) is 2.68. The lowest BCUT2D eigenvalue weighted by atomic mass is 9.99. The molecule has 0 saturated carbocycles. The minimum absolute atomic E-state index is 0.0306. The summed E-state index contributed by atoms with van der Waals surface area (Å²) in [5.74, 6) is -0.213. The van der Waals surface area contributed by atoms with Crippen LogP contribution in [0.3, 0.4) is 0 Å². The van der Waals surface area contributed by atoms with Crippen molar-refractivity contribution in [2.45, 2.75) is 32.6 Å². The molecule has 68 valence electrons. The fraction of sp³-hybridized carbons (Fsp3) is 0.625. The molecule has 1 aromatic rings. The summed E-state index contributed by atoms with van der Waals surface area (Å²) >= 11 is 0. The Morgan fingerprint density at radius 2 is 2.08 bits per heavy atom. The Morgan fingerprint density at radius 3 is 2.42 bits per heavy atom. The molecular weight excluding hydrogens is 157 g/mol. The molecule has 0 aliphatic carbocycles. The second-order valence-corrected chi connectivity index (χ2v) is 2.85. The first-order valence-corrected chi connectivity index (χ1v) is 4.19. The smallest absolute Gasteiger partial charge is 0.188 e. The van der Waals surface area contributed by atoms with Crippen LogP contribution in [0.15, 0.2) is 0 Å². The molecule has 0 bridgehead atoms. The molecule has 1 aromatic heterocycles. The molecule has 3 nitrogen and oxygen atoms in total. The molecule has 0 unspecified atom stereocenters. The van der Waals surface area contributed by atoms with E-state index in [1.54, 1.807) is 0 Å². The summed E-state index contributed by atoms with van der Waals surface area (Å²) in [5, 5.41) is 6.24. The molecule has 1 heterocycles. The van der Waals surface area contributed by atoms with Gasteiger partial charge in [0.2, 0.25) is 0 Å². The molecule has 0 saturated heterocycles. The molecule has 12 heavy (non-hydrogen) atoms. The predicted octanol–water partition coefficient (Wildman–Crippen LogP) is 2.03. The molecule has 3 N–H and O–H groups in total. The quantitative estimate of drug-likeness (QED) is 0.731. The van der Waals surface area contributed by atoms with Gasteiger partial charge in [0.05, 0.1) is 5.69 Å². The molecule has 0 spiro atoms. The van der Waals surface area contributed by atoms with Gasteiger partial charge in [-0.05, 0) is 12.8 Å². The van der Waals surface area contributed by atoms with Crippen LogP contribution in [0.25, 0.3) is 0 Å². The van der Waals surface area contributed by atoms with Gasteiger partial charge in [-0.3, -0.25) is 5.10 Å². The number of nitrogens with one attached hydrogen (secondary N) is 1. The third-order valence-corrected chi connectivity index (χ3v) is 2.15. The Labute approximate surface area is 71.2 Å². The third-order valence-electron chi connectivity index (χ3n) is 2.15. The van der Waals surface area contributed by atoms with Gasteiger partial charge in [-0.25, -0.2) is 4.39 Å². The number of hydrogen-bond acceptors (Lipinski definition) is 2. The fourth-order valence-electron chi connectivity index (χ4n) is 1.32. The summed E-state index contributed by atoms with van der Waals surface area (Å²) < 4.78 is 13.2. The van der Waals surface area contributed by atoms with Crippen LogP contribution >= 0.6 is 0 Å². The van der Waals surface area contributed by atoms with Crippen LogP contribution in [0.2, 0.25) is 0 Å². The molecule has 0 aliphatic heterocycles. The van der Waals surface area contributed by atoms with E-state index in [-0.39, 0.29) is 17.6 Å². The van der Waals surface area contributed by atoms with Crippen molar-refractivity contribution in [3.8, 4) is 0 Å². The van der Waals surface area contributed by atoms with Crippen molar-refractivity contribution in [2.75, 3.05) is 5.73 Å². The van der Waals surface area contributed by atoms with Crippen LogP contribution in [0.5, 0.6) is 0 Å². The van der Waals surface area contributed by atoms with Crippen molar-refractivity contribution < 1.29 is 4.39 Å². The maximum atomic E-state index is 13.2. The van der Waals surface area contributed by atoms with Crippen molar-refractivity contribution in [2.24, 2.45) is 0 Å². The number of anilines is 1. The summed E-state index contributed by atoms with van der Waals surface area (Å²) in [4.78, 5) is 0. The number of aromatic nitrogens is 2. The first kappa shape index (κ1) is 9.03. The number of H-pyrrole nitrogens is 1. The third kappa shape index (κ3) is 1.42. The van der Waals surface area contributed by atoms with E-state index in [9.17, 15) is 4.39 Å². The van der Waals surface area contributed by atoms with Crippen LogP contribution in [-0.2, 0) is 0 Å². The number of halogens is 1. The Bertz CT molecular complexity index is 253. The Morgan fingerprint density at radius 1 is 1.50 bits per heavy atom. The van der Waals surface area contributed by atoms with Gasteiger partial charge < -0.3 is 5.73 Å². The SMILES string of the molecule is CCC(CC)c1[nH]nc(N)c1F. The molecule has 0 radical (unpaired) electrons. The normalized spacial score (nSPS) is 11.0. The lowest BCUT2D eigenvalue weighted by Gasteiger charge is -2.08. The predicted molar refractivity (Wildman–Crippen MR) is 46.3 cm³/mol. The summed E-state index contributed by atoms with van der Waals surface area (Å²) in [6.45, 7) is 4.04. The summed E-state index contributed by atoms with van der Waals surface area (Å²) in [7, 11) is 0. The molecule has 0 aromatic carbocycles. The van der Waals surface area contributed by atoms with Gasteiger partial charge >= 0.3 is 0 Å². The zero-order valence-corrected chi connectivity index (χ0v) is 7.39. The minimum atomic E-state index is -0.385. The van der Waals surface area contributed by atoms with Crippen LogP contribution in [0.4, 0.5) is 10.2 Å². The summed E-state index contributed by atoms with van der Waals surface area (Å²) in [5.41, 5.74) is 5.81. The van der Waals surface area contributed by atoms with Crippen LogP contribution in [0.1, 0.15) is 38.3 Å². The summed E-state index contributed by atoms with van der Waals surface area (Å²) in [6, 6.07) is 0.